The van der Waals surface area contributed by atoms with Crippen molar-refractivity contribution in [1.82, 2.24) is 4.57 Å². The molecule has 5 nitrogen and oxygen atoms in total. The Labute approximate surface area is 137 Å². The Morgan fingerprint density at radius 3 is 2.46 bits per heavy atom. The molecule has 3 aromatic rings. The Bertz CT molecular complexity index is 1030. The van der Waals surface area contributed by atoms with E-state index in [1.165, 1.54) is 22.8 Å². The fourth-order valence-electron chi connectivity index (χ4n) is 2.58. The van der Waals surface area contributed by atoms with Gasteiger partial charge in [-0.3, -0.25) is 9.59 Å². The van der Waals surface area contributed by atoms with Gasteiger partial charge in [0.05, 0.1) is 5.52 Å². The highest BCUT2D eigenvalue weighted by Gasteiger charge is 2.19. The molecule has 0 saturated heterocycles. The minimum Gasteiger partial charge on any atom is -0.507 e. The van der Waals surface area contributed by atoms with Gasteiger partial charge in [-0.25, -0.2) is 0 Å². The minimum atomic E-state index is -0.623. The van der Waals surface area contributed by atoms with Gasteiger partial charge in [-0.2, -0.15) is 0 Å². The van der Waals surface area contributed by atoms with Gasteiger partial charge in [0.1, 0.15) is 17.1 Å². The van der Waals surface area contributed by atoms with E-state index in [0.29, 0.717) is 16.5 Å². The van der Waals surface area contributed by atoms with Crippen LogP contribution in [0.3, 0.4) is 0 Å². The van der Waals surface area contributed by atoms with E-state index in [4.69, 9.17) is 0 Å². The van der Waals surface area contributed by atoms with Crippen LogP contribution in [0.4, 0.5) is 0 Å². The number of allylic oxidation sites excluding steroid dienone is 1. The first-order valence-electron chi connectivity index (χ1n) is 7.32. The monoisotopic (exact) mass is 321 g/mol. The van der Waals surface area contributed by atoms with Crippen molar-refractivity contribution in [1.29, 1.82) is 0 Å². The average molecular weight is 321 g/mol. The van der Waals surface area contributed by atoms with Crippen LogP contribution in [0.15, 0.2) is 59.4 Å². The van der Waals surface area contributed by atoms with Crippen molar-refractivity contribution in [3.8, 4) is 11.5 Å². The van der Waals surface area contributed by atoms with Crippen molar-refractivity contribution >= 4 is 22.8 Å². The van der Waals surface area contributed by atoms with Crippen LogP contribution >= 0.6 is 0 Å². The van der Waals surface area contributed by atoms with Gasteiger partial charge in [0.25, 0.3) is 5.56 Å². The summed E-state index contributed by atoms with van der Waals surface area (Å²) in [6, 6.07) is 13.3. The number of hydrogen-bond acceptors (Lipinski definition) is 4. The summed E-state index contributed by atoms with van der Waals surface area (Å²) in [7, 11) is 1.55. The van der Waals surface area contributed by atoms with Gasteiger partial charge in [-0.05, 0) is 30.4 Å². The highest BCUT2D eigenvalue weighted by Crippen LogP contribution is 2.26. The molecule has 0 aliphatic rings. The lowest BCUT2D eigenvalue weighted by Gasteiger charge is -2.09. The third-order valence-corrected chi connectivity index (χ3v) is 3.87. The number of hydrogen-bond donors (Lipinski definition) is 2. The number of benzene rings is 2. The first-order chi connectivity index (χ1) is 11.5. The third kappa shape index (κ3) is 2.56. The Hall–Kier alpha value is -3.34. The number of nitrogens with zero attached hydrogens (tertiary/aromatic N) is 1. The lowest BCUT2D eigenvalue weighted by molar-refractivity contribution is 0.104. The van der Waals surface area contributed by atoms with Crippen molar-refractivity contribution in [3.05, 3.63) is 76.1 Å². The summed E-state index contributed by atoms with van der Waals surface area (Å²) in [6.07, 6.45) is 2.58. The van der Waals surface area contributed by atoms with E-state index in [1.54, 1.807) is 49.5 Å². The smallest absolute Gasteiger partial charge is 0.265 e. The molecule has 5 heteroatoms. The normalized spacial score (nSPS) is 11.2. The maximum atomic E-state index is 12.4. The number of phenolic OH excluding ortho intramolecular Hbond substituents is 1. The van der Waals surface area contributed by atoms with Crippen LogP contribution in [0, 0.1) is 0 Å². The van der Waals surface area contributed by atoms with Gasteiger partial charge in [0, 0.05) is 18.0 Å². The van der Waals surface area contributed by atoms with Crippen LogP contribution in [-0.4, -0.2) is 20.6 Å². The van der Waals surface area contributed by atoms with Gasteiger partial charge < -0.3 is 14.8 Å². The Kier molecular flexibility index (Phi) is 3.92. The number of aryl methyl sites for hydroxylation is 1. The van der Waals surface area contributed by atoms with Crippen LogP contribution in [-0.2, 0) is 7.05 Å². The zero-order valence-electron chi connectivity index (χ0n) is 12.9. The number of aromatic hydroxyl groups is 2. The van der Waals surface area contributed by atoms with Crippen molar-refractivity contribution in [2.24, 2.45) is 7.05 Å². The second-order valence-electron chi connectivity index (χ2n) is 5.36. The summed E-state index contributed by atoms with van der Waals surface area (Å²) in [6.45, 7) is 0. The number of ketones is 1. The lowest BCUT2D eigenvalue weighted by Crippen LogP contribution is -2.24. The van der Waals surface area contributed by atoms with Crippen LogP contribution in [0.2, 0.25) is 0 Å². The molecule has 2 N–H and O–H groups in total. The highest BCUT2D eigenvalue weighted by atomic mass is 16.3. The van der Waals surface area contributed by atoms with Crippen LogP contribution in [0.25, 0.3) is 17.0 Å². The lowest BCUT2D eigenvalue weighted by atomic mass is 10.1. The molecule has 0 spiro atoms. The van der Waals surface area contributed by atoms with E-state index in [9.17, 15) is 19.8 Å². The number of aromatic nitrogens is 1. The van der Waals surface area contributed by atoms with E-state index < -0.39 is 11.3 Å². The second kappa shape index (κ2) is 6.04. The molecule has 24 heavy (non-hydrogen) atoms. The maximum absolute atomic E-state index is 12.4. The summed E-state index contributed by atoms with van der Waals surface area (Å²) >= 11 is 0. The Morgan fingerprint density at radius 2 is 1.71 bits per heavy atom. The van der Waals surface area contributed by atoms with Crippen LogP contribution in [0.1, 0.15) is 15.9 Å². The summed E-state index contributed by atoms with van der Waals surface area (Å²) in [5, 5.41) is 20.5. The van der Waals surface area contributed by atoms with Gasteiger partial charge >= 0.3 is 0 Å². The van der Waals surface area contributed by atoms with Crippen LogP contribution in [0.5, 0.6) is 11.5 Å². The molecule has 1 heterocycles. The van der Waals surface area contributed by atoms with Crippen molar-refractivity contribution in [2.75, 3.05) is 0 Å². The van der Waals surface area contributed by atoms with E-state index in [1.807, 2.05) is 0 Å². The molecular weight excluding hydrogens is 306 g/mol. The fraction of sp³-hybridized carbons (Fsp3) is 0.0526. The predicted molar refractivity (Wildman–Crippen MR) is 92.3 cm³/mol. The fourth-order valence-corrected chi connectivity index (χ4v) is 2.58. The first-order valence-corrected chi connectivity index (χ1v) is 7.32. The summed E-state index contributed by atoms with van der Waals surface area (Å²) in [5.74, 6) is -0.931. The van der Waals surface area contributed by atoms with Gasteiger partial charge in [-0.15, -0.1) is 0 Å². The summed E-state index contributed by atoms with van der Waals surface area (Å²) < 4.78 is 1.33. The first kappa shape index (κ1) is 15.6. The molecule has 0 atom stereocenters. The molecule has 0 radical (unpaired) electrons. The third-order valence-electron chi connectivity index (χ3n) is 3.87. The van der Waals surface area contributed by atoms with E-state index in [0.717, 1.165) is 0 Å². The minimum absolute atomic E-state index is 0.0252. The average Bonchev–Trinajstić information content (AvgIpc) is 2.59. The molecule has 0 fully saturated rings. The zero-order valence-corrected chi connectivity index (χ0v) is 12.9. The summed E-state index contributed by atoms with van der Waals surface area (Å²) in [4.78, 5) is 24.8. The number of fused-ring (bicyclic) bond motifs is 1. The number of phenols is 1. The SMILES string of the molecule is Cn1c(=O)c(C(=O)C=Cc2ccccc2O)c(O)c2ccccc21. The largest absolute Gasteiger partial charge is 0.507 e. The maximum Gasteiger partial charge on any atom is 0.265 e. The molecular formula is C19H15NO4. The van der Waals surface area contributed by atoms with E-state index in [2.05, 4.69) is 0 Å². The molecule has 0 aliphatic carbocycles. The summed E-state index contributed by atoms with van der Waals surface area (Å²) in [5.41, 5.74) is 0.130. The molecule has 0 aliphatic heterocycles. The predicted octanol–water partition coefficient (Wildman–Crippen LogP) is 2.85. The Morgan fingerprint density at radius 1 is 1.04 bits per heavy atom. The number of para-hydroxylation sites is 2. The van der Waals surface area contributed by atoms with Gasteiger partial charge in [0.2, 0.25) is 0 Å². The number of carbonyl (C=O) groups is 1. The highest BCUT2D eigenvalue weighted by molar-refractivity contribution is 6.11. The topological polar surface area (TPSA) is 79.5 Å². The van der Waals surface area contributed by atoms with Crippen LogP contribution < -0.4 is 5.56 Å². The molecule has 1 aromatic heterocycles. The molecule has 120 valence electrons. The quantitative estimate of drug-likeness (QED) is 0.574. The van der Waals surface area contributed by atoms with E-state index in [-0.39, 0.29) is 17.1 Å². The number of carbonyl (C=O) groups excluding carboxylic acids is 1. The standard InChI is InChI=1S/C19H15NO4/c1-20-14-8-4-3-7-13(14)18(23)17(19(20)24)16(22)11-10-12-6-2-5-9-15(12)21/h2-11,21,23H,1H3. The number of rotatable bonds is 3. The molecule has 0 saturated carbocycles. The molecule has 0 unspecified atom stereocenters. The molecule has 0 amide bonds. The van der Waals surface area contributed by atoms with E-state index >= 15 is 0 Å². The zero-order chi connectivity index (χ0) is 17.3. The molecule has 0 bridgehead atoms. The van der Waals surface area contributed by atoms with Crippen molar-refractivity contribution < 1.29 is 15.0 Å². The molecule has 3 rings (SSSR count). The van der Waals surface area contributed by atoms with Crippen molar-refractivity contribution in [2.45, 2.75) is 0 Å². The van der Waals surface area contributed by atoms with Gasteiger partial charge in [-0.1, -0.05) is 30.3 Å². The van der Waals surface area contributed by atoms with Gasteiger partial charge in [0.15, 0.2) is 5.78 Å². The van der Waals surface area contributed by atoms with Crippen molar-refractivity contribution in [3.63, 3.8) is 0 Å². The Balaban J connectivity index is 2.11. The number of pyridine rings is 1. The molecule has 2 aromatic carbocycles. The second-order valence-corrected chi connectivity index (χ2v) is 5.36.